The number of hydrogen-bond donors (Lipinski definition) is 2. The van der Waals surface area contributed by atoms with Gasteiger partial charge < -0.3 is 10.0 Å². The molecule has 0 unspecified atom stereocenters. The van der Waals surface area contributed by atoms with Crippen molar-refractivity contribution in [2.24, 2.45) is 0 Å². The summed E-state index contributed by atoms with van der Waals surface area (Å²) in [4.78, 5) is 10.0. The zero-order valence-electron chi connectivity index (χ0n) is 19.1. The van der Waals surface area contributed by atoms with Gasteiger partial charge in [-0.1, -0.05) is 78.9 Å². The summed E-state index contributed by atoms with van der Waals surface area (Å²) in [5.74, 6) is 0.566. The smallest absolute Gasteiger partial charge is 0.423 e. The van der Waals surface area contributed by atoms with E-state index in [1.807, 2.05) is 54.6 Å². The van der Waals surface area contributed by atoms with Crippen LogP contribution in [0.5, 0.6) is 0 Å². The summed E-state index contributed by atoms with van der Waals surface area (Å²) in [6.07, 6.45) is 0. The standard InChI is InChI=1S/C30H19BN2O2S/c34-31(35)21-16-24-22-9-4-6-12-27(22)36-29(24)25(17-21)30-32-26-11-5-3-10-23(26)28(33-30)20-14-13-18-7-1-2-8-19(18)15-20/h1-17,34-35H. The lowest BCUT2D eigenvalue weighted by atomic mass is 9.78. The molecule has 0 saturated heterocycles. The van der Waals surface area contributed by atoms with Crippen LogP contribution >= 0.6 is 11.3 Å². The van der Waals surface area contributed by atoms with Gasteiger partial charge in [-0.25, -0.2) is 9.97 Å². The fourth-order valence-electron chi connectivity index (χ4n) is 4.92. The van der Waals surface area contributed by atoms with Crippen molar-refractivity contribution in [3.8, 4) is 22.6 Å². The van der Waals surface area contributed by atoms with E-state index in [9.17, 15) is 10.0 Å². The molecular formula is C30H19BN2O2S. The van der Waals surface area contributed by atoms with Gasteiger partial charge in [-0.05, 0) is 40.5 Å². The van der Waals surface area contributed by atoms with Gasteiger partial charge in [0.15, 0.2) is 5.82 Å². The van der Waals surface area contributed by atoms with E-state index >= 15 is 0 Å². The predicted octanol–water partition coefficient (Wildman–Crippen LogP) is 6.16. The Morgan fingerprint density at radius 3 is 2.25 bits per heavy atom. The zero-order chi connectivity index (χ0) is 24.2. The van der Waals surface area contributed by atoms with Gasteiger partial charge in [-0.15, -0.1) is 11.3 Å². The van der Waals surface area contributed by atoms with Crippen LogP contribution in [0, 0.1) is 0 Å². The van der Waals surface area contributed by atoms with Crippen LogP contribution in [0.4, 0.5) is 0 Å². The number of nitrogens with zero attached hydrogens (tertiary/aromatic N) is 2. The van der Waals surface area contributed by atoms with Crippen molar-refractivity contribution in [2.75, 3.05) is 0 Å². The summed E-state index contributed by atoms with van der Waals surface area (Å²) >= 11 is 1.67. The molecule has 0 amide bonds. The number of benzene rings is 5. The Morgan fingerprint density at radius 1 is 0.639 bits per heavy atom. The summed E-state index contributed by atoms with van der Waals surface area (Å²) in [5, 5.41) is 25.5. The molecule has 0 fully saturated rings. The molecule has 5 aromatic carbocycles. The van der Waals surface area contributed by atoms with Gasteiger partial charge in [-0.2, -0.15) is 0 Å². The van der Waals surface area contributed by atoms with Crippen LogP contribution in [0.1, 0.15) is 0 Å². The molecule has 0 atom stereocenters. The first-order chi connectivity index (χ1) is 17.7. The van der Waals surface area contributed by atoms with Gasteiger partial charge >= 0.3 is 7.12 Å². The molecule has 0 aliphatic carbocycles. The molecule has 7 rings (SSSR count). The molecular weight excluding hydrogens is 463 g/mol. The van der Waals surface area contributed by atoms with E-state index in [0.717, 1.165) is 53.3 Å². The van der Waals surface area contributed by atoms with Crippen LogP contribution in [-0.4, -0.2) is 27.1 Å². The maximum Gasteiger partial charge on any atom is 0.488 e. The molecule has 7 aromatic rings. The highest BCUT2D eigenvalue weighted by Gasteiger charge is 2.20. The third-order valence-electron chi connectivity index (χ3n) is 6.67. The number of rotatable bonds is 3. The van der Waals surface area contributed by atoms with E-state index in [4.69, 9.17) is 9.97 Å². The Balaban J connectivity index is 1.55. The largest absolute Gasteiger partial charge is 0.488 e. The predicted molar refractivity (Wildman–Crippen MR) is 151 cm³/mol. The van der Waals surface area contributed by atoms with Crippen molar-refractivity contribution >= 4 is 65.8 Å². The molecule has 0 aliphatic rings. The van der Waals surface area contributed by atoms with Gasteiger partial charge in [0.1, 0.15) is 0 Å². The second-order valence-corrected chi connectivity index (χ2v) is 9.94. The van der Waals surface area contributed by atoms with Crippen LogP contribution in [-0.2, 0) is 0 Å². The Morgan fingerprint density at radius 2 is 1.39 bits per heavy atom. The van der Waals surface area contributed by atoms with E-state index < -0.39 is 7.12 Å². The van der Waals surface area contributed by atoms with Crippen molar-refractivity contribution in [1.29, 1.82) is 0 Å². The van der Waals surface area contributed by atoms with Crippen molar-refractivity contribution in [3.63, 3.8) is 0 Å². The highest BCUT2D eigenvalue weighted by molar-refractivity contribution is 7.26. The number of para-hydroxylation sites is 1. The van der Waals surface area contributed by atoms with E-state index in [1.165, 1.54) is 5.39 Å². The first-order valence-corrected chi connectivity index (χ1v) is 12.5. The molecule has 0 spiro atoms. The lowest BCUT2D eigenvalue weighted by molar-refractivity contribution is 0.426. The Kier molecular flexibility index (Phi) is 4.86. The summed E-state index contributed by atoms with van der Waals surface area (Å²) in [5.41, 5.74) is 3.93. The molecule has 4 nitrogen and oxygen atoms in total. The maximum atomic E-state index is 10.1. The zero-order valence-corrected chi connectivity index (χ0v) is 19.9. The Hall–Kier alpha value is -4.10. The molecule has 2 N–H and O–H groups in total. The highest BCUT2D eigenvalue weighted by Crippen LogP contribution is 2.39. The minimum Gasteiger partial charge on any atom is -0.423 e. The van der Waals surface area contributed by atoms with Crippen molar-refractivity contribution in [2.45, 2.75) is 0 Å². The summed E-state index contributed by atoms with van der Waals surface area (Å²) < 4.78 is 2.16. The second-order valence-electron chi connectivity index (χ2n) is 8.89. The molecule has 2 heterocycles. The molecule has 0 bridgehead atoms. The lowest BCUT2D eigenvalue weighted by Gasteiger charge is -2.12. The molecule has 2 aromatic heterocycles. The monoisotopic (exact) mass is 482 g/mol. The molecule has 170 valence electrons. The molecule has 6 heteroatoms. The molecule has 0 aliphatic heterocycles. The van der Waals surface area contributed by atoms with E-state index in [2.05, 4.69) is 42.5 Å². The average Bonchev–Trinajstić information content (AvgIpc) is 3.30. The number of thiophene rings is 1. The van der Waals surface area contributed by atoms with Crippen molar-refractivity contribution in [1.82, 2.24) is 9.97 Å². The minimum absolute atomic E-state index is 0.421. The van der Waals surface area contributed by atoms with Crippen molar-refractivity contribution in [3.05, 3.63) is 103 Å². The third kappa shape index (κ3) is 3.39. The average molecular weight is 482 g/mol. The van der Waals surface area contributed by atoms with Crippen LogP contribution in [0.15, 0.2) is 103 Å². The van der Waals surface area contributed by atoms with Crippen molar-refractivity contribution < 1.29 is 10.0 Å². The quantitative estimate of drug-likeness (QED) is 0.296. The topological polar surface area (TPSA) is 66.2 Å². The third-order valence-corrected chi connectivity index (χ3v) is 7.89. The van der Waals surface area contributed by atoms with E-state index in [-0.39, 0.29) is 0 Å². The van der Waals surface area contributed by atoms with Crippen LogP contribution < -0.4 is 5.46 Å². The summed E-state index contributed by atoms with van der Waals surface area (Å²) in [7, 11) is -1.59. The first-order valence-electron chi connectivity index (χ1n) is 11.7. The van der Waals surface area contributed by atoms with Gasteiger partial charge in [0.2, 0.25) is 0 Å². The lowest BCUT2D eigenvalue weighted by Crippen LogP contribution is -2.29. The summed E-state index contributed by atoms with van der Waals surface area (Å²) in [6.45, 7) is 0. The Labute approximate surface area is 211 Å². The van der Waals surface area contributed by atoms with Gasteiger partial charge in [0.25, 0.3) is 0 Å². The van der Waals surface area contributed by atoms with Crippen LogP contribution in [0.25, 0.3) is 64.5 Å². The first kappa shape index (κ1) is 21.2. The molecule has 0 radical (unpaired) electrons. The number of hydrogen-bond acceptors (Lipinski definition) is 5. The molecule has 36 heavy (non-hydrogen) atoms. The second kappa shape index (κ2) is 8.24. The SMILES string of the molecule is OB(O)c1cc(-c2nc(-c3ccc4ccccc4c3)c3ccccc3n2)c2sc3ccccc3c2c1. The molecule has 0 saturated carbocycles. The normalized spacial score (nSPS) is 11.6. The van der Waals surface area contributed by atoms with Gasteiger partial charge in [0, 0.05) is 36.7 Å². The van der Waals surface area contributed by atoms with Crippen LogP contribution in [0.3, 0.4) is 0 Å². The Bertz CT molecular complexity index is 1950. The highest BCUT2D eigenvalue weighted by atomic mass is 32.1. The number of fused-ring (bicyclic) bond motifs is 5. The minimum atomic E-state index is -1.59. The summed E-state index contributed by atoms with van der Waals surface area (Å²) in [6, 6.07) is 34.5. The van der Waals surface area contributed by atoms with E-state index in [0.29, 0.717) is 11.3 Å². The fourth-order valence-corrected chi connectivity index (χ4v) is 6.11. The van der Waals surface area contributed by atoms with Gasteiger partial charge in [0.05, 0.1) is 11.2 Å². The number of aromatic nitrogens is 2. The van der Waals surface area contributed by atoms with Gasteiger partial charge in [-0.3, -0.25) is 0 Å². The van der Waals surface area contributed by atoms with E-state index in [1.54, 1.807) is 17.4 Å². The fraction of sp³-hybridized carbons (Fsp3) is 0. The maximum absolute atomic E-state index is 10.1. The van der Waals surface area contributed by atoms with Crippen LogP contribution in [0.2, 0.25) is 0 Å².